The molecule has 0 bridgehead atoms. The van der Waals surface area contributed by atoms with E-state index in [1.165, 1.54) is 29.1 Å². The number of hydrogen-bond donors (Lipinski definition) is 1. The molecule has 2 aliphatic carbocycles. The van der Waals surface area contributed by atoms with Crippen molar-refractivity contribution in [1.82, 2.24) is 19.7 Å². The molecule has 24 heavy (non-hydrogen) atoms. The number of amides is 1. The summed E-state index contributed by atoms with van der Waals surface area (Å²) in [6, 6.07) is 2.20. The molecule has 2 N–H and O–H groups in total. The van der Waals surface area contributed by atoms with Crippen molar-refractivity contribution >= 4 is 22.4 Å². The highest BCUT2D eigenvalue weighted by Gasteiger charge is 2.35. The molecule has 0 aromatic carbocycles. The van der Waals surface area contributed by atoms with Gasteiger partial charge in [-0.05, 0) is 38.2 Å². The Labute approximate surface area is 144 Å². The van der Waals surface area contributed by atoms with Gasteiger partial charge < -0.3 is 10.6 Å². The highest BCUT2D eigenvalue weighted by molar-refractivity contribution is 7.15. The van der Waals surface area contributed by atoms with Gasteiger partial charge in [-0.2, -0.15) is 5.10 Å². The van der Waals surface area contributed by atoms with Crippen LogP contribution in [0.4, 0.5) is 5.13 Å². The molecule has 0 radical (unpaired) electrons. The number of nitrogens with two attached hydrogens (primary N) is 1. The monoisotopic (exact) mass is 343 g/mol. The van der Waals surface area contributed by atoms with Gasteiger partial charge in [-0.25, -0.2) is 4.98 Å². The summed E-state index contributed by atoms with van der Waals surface area (Å²) in [7, 11) is 0. The van der Waals surface area contributed by atoms with Gasteiger partial charge in [-0.15, -0.1) is 11.3 Å². The van der Waals surface area contributed by atoms with Crippen LogP contribution in [0.25, 0.3) is 0 Å². The fraction of sp³-hybridized carbons (Fsp3) is 0.588. The van der Waals surface area contributed by atoms with Gasteiger partial charge in [0.1, 0.15) is 0 Å². The number of hydrogen-bond acceptors (Lipinski definition) is 5. The molecule has 1 atom stereocenters. The Morgan fingerprint density at radius 2 is 2.17 bits per heavy atom. The minimum absolute atomic E-state index is 0.111. The zero-order chi connectivity index (χ0) is 16.3. The number of aryl methyl sites for hydroxylation is 1. The Hall–Kier alpha value is -1.89. The minimum atomic E-state index is -0.111. The number of aromatic nitrogens is 3. The lowest BCUT2D eigenvalue weighted by molar-refractivity contribution is -0.134. The third-order valence-corrected chi connectivity index (χ3v) is 6.35. The lowest BCUT2D eigenvalue weighted by Gasteiger charge is -2.32. The van der Waals surface area contributed by atoms with E-state index in [2.05, 4.69) is 15.7 Å². The SMILES string of the molecule is Nc1nc2c(s1)CCCC2C(=O)N1CCn2nc(C3CC3)cc2C1. The molecular formula is C17H21N5OS. The van der Waals surface area contributed by atoms with Crippen molar-refractivity contribution in [1.29, 1.82) is 0 Å². The van der Waals surface area contributed by atoms with Gasteiger partial charge in [0.25, 0.3) is 0 Å². The molecule has 1 fully saturated rings. The van der Waals surface area contributed by atoms with Gasteiger partial charge >= 0.3 is 0 Å². The van der Waals surface area contributed by atoms with Crippen LogP contribution in [0.5, 0.6) is 0 Å². The molecule has 5 rings (SSSR count). The largest absolute Gasteiger partial charge is 0.375 e. The first-order chi connectivity index (χ1) is 11.7. The molecule has 0 spiro atoms. The van der Waals surface area contributed by atoms with Crippen molar-refractivity contribution in [2.75, 3.05) is 12.3 Å². The van der Waals surface area contributed by atoms with Crippen LogP contribution in [0.15, 0.2) is 6.07 Å². The van der Waals surface area contributed by atoms with Crippen molar-refractivity contribution in [2.45, 2.75) is 57.0 Å². The number of fused-ring (bicyclic) bond motifs is 2. The summed E-state index contributed by atoms with van der Waals surface area (Å²) >= 11 is 1.54. The third kappa shape index (κ3) is 2.33. The van der Waals surface area contributed by atoms with E-state index in [4.69, 9.17) is 10.8 Å². The van der Waals surface area contributed by atoms with E-state index < -0.39 is 0 Å². The first-order valence-electron chi connectivity index (χ1n) is 8.79. The lowest BCUT2D eigenvalue weighted by atomic mass is 9.89. The van der Waals surface area contributed by atoms with Crippen molar-refractivity contribution in [3.05, 3.63) is 28.0 Å². The van der Waals surface area contributed by atoms with E-state index >= 15 is 0 Å². The number of carbonyl (C=O) groups excluding carboxylic acids is 1. The Kier molecular flexibility index (Phi) is 3.20. The average Bonchev–Trinajstić information content (AvgIpc) is 3.23. The standard InChI is InChI=1S/C17H21N5OS/c18-17-19-15-12(2-1-3-14(15)24-17)16(23)21-6-7-22-11(9-21)8-13(20-22)10-4-5-10/h8,10,12H,1-7,9H2,(H2,18,19). The summed E-state index contributed by atoms with van der Waals surface area (Å²) in [5.41, 5.74) is 9.19. The van der Waals surface area contributed by atoms with E-state index in [0.29, 0.717) is 17.6 Å². The molecule has 1 amide bonds. The van der Waals surface area contributed by atoms with Crippen LogP contribution in [0.1, 0.15) is 59.5 Å². The van der Waals surface area contributed by atoms with Crippen LogP contribution in [-0.2, 0) is 24.3 Å². The smallest absolute Gasteiger partial charge is 0.232 e. The van der Waals surface area contributed by atoms with E-state index in [1.807, 2.05) is 4.90 Å². The molecule has 1 saturated carbocycles. The average molecular weight is 343 g/mol. The van der Waals surface area contributed by atoms with Crippen molar-refractivity contribution in [2.24, 2.45) is 0 Å². The van der Waals surface area contributed by atoms with Crippen molar-refractivity contribution < 1.29 is 4.79 Å². The molecule has 1 unspecified atom stereocenters. The molecule has 1 aliphatic heterocycles. The van der Waals surface area contributed by atoms with Crippen LogP contribution >= 0.6 is 11.3 Å². The highest BCUT2D eigenvalue weighted by Crippen LogP contribution is 2.40. The number of nitrogens with zero attached hydrogens (tertiary/aromatic N) is 4. The summed E-state index contributed by atoms with van der Waals surface area (Å²) in [5.74, 6) is 0.757. The molecule has 0 saturated heterocycles. The normalized spacial score (nSPS) is 23.0. The van der Waals surface area contributed by atoms with Gasteiger partial charge in [0.15, 0.2) is 5.13 Å². The van der Waals surface area contributed by atoms with Crippen LogP contribution in [0.2, 0.25) is 0 Å². The second kappa shape index (κ2) is 5.31. The molecule has 3 heterocycles. The molecule has 6 nitrogen and oxygen atoms in total. The summed E-state index contributed by atoms with van der Waals surface area (Å²) in [4.78, 5) is 20.8. The Morgan fingerprint density at radius 3 is 3.00 bits per heavy atom. The maximum Gasteiger partial charge on any atom is 0.232 e. The molecule has 126 valence electrons. The number of anilines is 1. The second-order valence-corrected chi connectivity index (χ2v) is 8.24. The predicted molar refractivity (Wildman–Crippen MR) is 91.8 cm³/mol. The summed E-state index contributed by atoms with van der Waals surface area (Å²) < 4.78 is 2.09. The lowest BCUT2D eigenvalue weighted by Crippen LogP contribution is -2.41. The van der Waals surface area contributed by atoms with Crippen molar-refractivity contribution in [3.8, 4) is 0 Å². The molecule has 2 aromatic heterocycles. The van der Waals surface area contributed by atoms with Crippen LogP contribution in [0.3, 0.4) is 0 Å². The Balaban J connectivity index is 1.38. The maximum atomic E-state index is 13.1. The van der Waals surface area contributed by atoms with Crippen molar-refractivity contribution in [3.63, 3.8) is 0 Å². The zero-order valence-electron chi connectivity index (χ0n) is 13.6. The summed E-state index contributed by atoms with van der Waals surface area (Å²) in [5, 5.41) is 5.30. The Bertz CT molecular complexity index is 806. The van der Waals surface area contributed by atoms with Crippen LogP contribution in [0, 0.1) is 0 Å². The van der Waals surface area contributed by atoms with Crippen LogP contribution < -0.4 is 5.73 Å². The van der Waals surface area contributed by atoms with Gasteiger partial charge in [-0.3, -0.25) is 9.48 Å². The van der Waals surface area contributed by atoms with Crippen LogP contribution in [-0.4, -0.2) is 32.1 Å². The van der Waals surface area contributed by atoms with E-state index in [9.17, 15) is 4.79 Å². The first kappa shape index (κ1) is 14.5. The fourth-order valence-corrected chi connectivity index (χ4v) is 4.89. The highest BCUT2D eigenvalue weighted by atomic mass is 32.1. The number of rotatable bonds is 2. The molecule has 3 aliphatic rings. The minimum Gasteiger partial charge on any atom is -0.375 e. The quantitative estimate of drug-likeness (QED) is 0.907. The topological polar surface area (TPSA) is 77.0 Å². The fourth-order valence-electron chi connectivity index (χ4n) is 3.95. The van der Waals surface area contributed by atoms with Gasteiger partial charge in [0.2, 0.25) is 5.91 Å². The predicted octanol–water partition coefficient (Wildman–Crippen LogP) is 2.26. The van der Waals surface area contributed by atoms with E-state index in [-0.39, 0.29) is 11.8 Å². The van der Waals surface area contributed by atoms with Gasteiger partial charge in [0.05, 0.1) is 36.1 Å². The molecule has 7 heteroatoms. The van der Waals surface area contributed by atoms with Gasteiger partial charge in [0, 0.05) is 17.3 Å². The second-order valence-electron chi connectivity index (χ2n) is 7.12. The Morgan fingerprint density at radius 1 is 1.29 bits per heavy atom. The molecule has 2 aromatic rings. The maximum absolute atomic E-state index is 13.1. The summed E-state index contributed by atoms with van der Waals surface area (Å²) in [6.45, 7) is 2.21. The number of carbonyl (C=O) groups is 1. The van der Waals surface area contributed by atoms with E-state index in [1.54, 1.807) is 11.3 Å². The first-order valence-corrected chi connectivity index (χ1v) is 9.61. The number of nitrogen functional groups attached to an aromatic ring is 1. The van der Waals surface area contributed by atoms with E-state index in [0.717, 1.165) is 38.0 Å². The number of thiazole rings is 1. The zero-order valence-corrected chi connectivity index (χ0v) is 14.4. The van der Waals surface area contributed by atoms with Gasteiger partial charge in [-0.1, -0.05) is 0 Å². The molecular weight excluding hydrogens is 322 g/mol. The summed E-state index contributed by atoms with van der Waals surface area (Å²) in [6.07, 6.45) is 5.45. The third-order valence-electron chi connectivity index (χ3n) is 5.39.